The van der Waals surface area contributed by atoms with Gasteiger partial charge in [-0.3, -0.25) is 0 Å². The molecule has 0 heterocycles. The van der Waals surface area contributed by atoms with Crippen LogP contribution in [0.15, 0.2) is 0 Å². The second kappa shape index (κ2) is 6.08. The van der Waals surface area contributed by atoms with Gasteiger partial charge in [-0.1, -0.05) is 20.8 Å². The van der Waals surface area contributed by atoms with Crippen LogP contribution in [0.1, 0.15) is 40.5 Å². The van der Waals surface area contributed by atoms with E-state index in [0.717, 1.165) is 19.5 Å². The van der Waals surface area contributed by atoms with Crippen LogP contribution in [0.5, 0.6) is 0 Å². The van der Waals surface area contributed by atoms with Crippen molar-refractivity contribution in [3.63, 3.8) is 0 Å². The first-order valence-electron chi connectivity index (χ1n) is 4.72. The molecule has 0 saturated heterocycles. The van der Waals surface area contributed by atoms with Gasteiger partial charge in [-0.05, 0) is 18.8 Å². The Morgan fingerprint density at radius 2 is 2.00 bits per heavy atom. The van der Waals surface area contributed by atoms with Gasteiger partial charge in [-0.2, -0.15) is 0 Å². The van der Waals surface area contributed by atoms with Crippen LogP contribution in [-0.4, -0.2) is 13.1 Å². The molecule has 0 amide bonds. The predicted molar refractivity (Wildman–Crippen MR) is 55.0 cm³/mol. The van der Waals surface area contributed by atoms with E-state index in [1.54, 1.807) is 0 Å². The SMILES string of the molecule is CC#CCCNCC(C)(C)CC. The third kappa shape index (κ3) is 6.24. The summed E-state index contributed by atoms with van der Waals surface area (Å²) in [5, 5.41) is 3.41. The van der Waals surface area contributed by atoms with Crippen LogP contribution in [0, 0.1) is 17.3 Å². The maximum absolute atomic E-state index is 3.41. The van der Waals surface area contributed by atoms with Gasteiger partial charge in [0.1, 0.15) is 0 Å². The van der Waals surface area contributed by atoms with Crippen LogP contribution in [0.3, 0.4) is 0 Å². The molecule has 70 valence electrons. The molecule has 0 bridgehead atoms. The Balaban J connectivity index is 3.35. The van der Waals surface area contributed by atoms with Crippen LogP contribution >= 0.6 is 0 Å². The highest BCUT2D eigenvalue weighted by Crippen LogP contribution is 2.17. The van der Waals surface area contributed by atoms with Crippen LogP contribution in [0.2, 0.25) is 0 Å². The number of nitrogens with one attached hydrogen (secondary N) is 1. The smallest absolute Gasteiger partial charge is 0.0214 e. The lowest BCUT2D eigenvalue weighted by Crippen LogP contribution is -2.29. The molecule has 1 heteroatoms. The van der Waals surface area contributed by atoms with Crippen molar-refractivity contribution in [2.75, 3.05) is 13.1 Å². The highest BCUT2D eigenvalue weighted by molar-refractivity contribution is 4.95. The van der Waals surface area contributed by atoms with Crippen molar-refractivity contribution in [3.05, 3.63) is 0 Å². The lowest BCUT2D eigenvalue weighted by molar-refractivity contribution is 0.330. The Morgan fingerprint density at radius 3 is 2.50 bits per heavy atom. The highest BCUT2D eigenvalue weighted by Gasteiger charge is 2.13. The van der Waals surface area contributed by atoms with Crippen molar-refractivity contribution in [1.29, 1.82) is 0 Å². The fourth-order valence-corrected chi connectivity index (χ4v) is 0.828. The summed E-state index contributed by atoms with van der Waals surface area (Å²) in [6.45, 7) is 10.8. The Morgan fingerprint density at radius 1 is 1.33 bits per heavy atom. The third-order valence-electron chi connectivity index (χ3n) is 2.16. The fraction of sp³-hybridized carbons (Fsp3) is 0.818. The standard InChI is InChI=1S/C11H21N/c1-5-7-8-9-12-10-11(3,4)6-2/h12H,6,8-10H2,1-4H3. The Labute approximate surface area is 76.9 Å². The lowest BCUT2D eigenvalue weighted by atomic mass is 9.90. The average molecular weight is 167 g/mol. The summed E-state index contributed by atoms with van der Waals surface area (Å²) in [5.41, 5.74) is 0.430. The molecule has 0 aliphatic rings. The number of hydrogen-bond donors (Lipinski definition) is 1. The van der Waals surface area contributed by atoms with Gasteiger partial charge in [0.15, 0.2) is 0 Å². The topological polar surface area (TPSA) is 12.0 Å². The molecule has 1 nitrogen and oxygen atoms in total. The monoisotopic (exact) mass is 167 g/mol. The van der Waals surface area contributed by atoms with Crippen LogP contribution in [0.25, 0.3) is 0 Å². The maximum Gasteiger partial charge on any atom is 0.0214 e. The molecule has 0 aromatic carbocycles. The summed E-state index contributed by atoms with van der Waals surface area (Å²) in [4.78, 5) is 0. The van der Waals surface area contributed by atoms with Crippen LogP contribution in [0.4, 0.5) is 0 Å². The molecule has 0 aliphatic heterocycles. The van der Waals surface area contributed by atoms with Gasteiger partial charge in [0, 0.05) is 19.5 Å². The summed E-state index contributed by atoms with van der Waals surface area (Å²) < 4.78 is 0. The Hall–Kier alpha value is -0.480. The minimum absolute atomic E-state index is 0.430. The zero-order chi connectivity index (χ0) is 9.45. The molecule has 0 unspecified atom stereocenters. The molecule has 0 aromatic rings. The molecular formula is C11H21N. The quantitative estimate of drug-likeness (QED) is 0.490. The van der Waals surface area contributed by atoms with Crippen molar-refractivity contribution in [2.45, 2.75) is 40.5 Å². The molecule has 0 radical (unpaired) electrons. The van der Waals surface area contributed by atoms with Gasteiger partial charge >= 0.3 is 0 Å². The zero-order valence-electron chi connectivity index (χ0n) is 8.83. The number of hydrogen-bond acceptors (Lipinski definition) is 1. The van der Waals surface area contributed by atoms with Gasteiger partial charge in [0.25, 0.3) is 0 Å². The van der Waals surface area contributed by atoms with Gasteiger partial charge < -0.3 is 5.32 Å². The van der Waals surface area contributed by atoms with Crippen LogP contribution < -0.4 is 5.32 Å². The molecule has 0 spiro atoms. The van der Waals surface area contributed by atoms with Crippen molar-refractivity contribution in [2.24, 2.45) is 5.41 Å². The van der Waals surface area contributed by atoms with Gasteiger partial charge in [0.2, 0.25) is 0 Å². The first kappa shape index (κ1) is 11.5. The largest absolute Gasteiger partial charge is 0.315 e. The van der Waals surface area contributed by atoms with E-state index in [2.05, 4.69) is 37.9 Å². The maximum atomic E-state index is 3.41. The molecule has 0 atom stereocenters. The normalized spacial score (nSPS) is 10.7. The van der Waals surface area contributed by atoms with E-state index in [1.807, 2.05) is 6.92 Å². The fourth-order valence-electron chi connectivity index (χ4n) is 0.828. The van der Waals surface area contributed by atoms with E-state index in [1.165, 1.54) is 6.42 Å². The van der Waals surface area contributed by atoms with E-state index < -0.39 is 0 Å². The second-order valence-electron chi connectivity index (χ2n) is 3.87. The predicted octanol–water partition coefficient (Wildman–Crippen LogP) is 2.43. The van der Waals surface area contributed by atoms with E-state index >= 15 is 0 Å². The van der Waals surface area contributed by atoms with Crippen LogP contribution in [-0.2, 0) is 0 Å². The average Bonchev–Trinajstić information content (AvgIpc) is 2.04. The molecule has 0 saturated carbocycles. The van der Waals surface area contributed by atoms with Gasteiger partial charge in [-0.15, -0.1) is 11.8 Å². The number of rotatable bonds is 5. The van der Waals surface area contributed by atoms with Crippen molar-refractivity contribution in [1.82, 2.24) is 5.32 Å². The molecule has 0 fully saturated rings. The first-order valence-corrected chi connectivity index (χ1v) is 4.72. The first-order chi connectivity index (χ1) is 5.62. The molecular weight excluding hydrogens is 146 g/mol. The minimum Gasteiger partial charge on any atom is -0.315 e. The molecule has 1 N–H and O–H groups in total. The summed E-state index contributed by atoms with van der Waals surface area (Å²) in [6.07, 6.45) is 2.19. The molecule has 0 aliphatic carbocycles. The Bertz CT molecular complexity index is 160. The van der Waals surface area contributed by atoms with E-state index in [-0.39, 0.29) is 0 Å². The van der Waals surface area contributed by atoms with Crippen molar-refractivity contribution >= 4 is 0 Å². The van der Waals surface area contributed by atoms with E-state index in [9.17, 15) is 0 Å². The third-order valence-corrected chi connectivity index (χ3v) is 2.16. The van der Waals surface area contributed by atoms with E-state index in [4.69, 9.17) is 0 Å². The minimum atomic E-state index is 0.430. The summed E-state index contributed by atoms with van der Waals surface area (Å²) >= 11 is 0. The lowest BCUT2D eigenvalue weighted by Gasteiger charge is -2.22. The second-order valence-corrected chi connectivity index (χ2v) is 3.87. The van der Waals surface area contributed by atoms with Crippen molar-refractivity contribution < 1.29 is 0 Å². The highest BCUT2D eigenvalue weighted by atomic mass is 14.9. The van der Waals surface area contributed by atoms with E-state index in [0.29, 0.717) is 5.41 Å². The molecule has 12 heavy (non-hydrogen) atoms. The molecule has 0 aromatic heterocycles. The summed E-state index contributed by atoms with van der Waals surface area (Å²) in [5.74, 6) is 5.93. The van der Waals surface area contributed by atoms with Gasteiger partial charge in [-0.25, -0.2) is 0 Å². The summed E-state index contributed by atoms with van der Waals surface area (Å²) in [6, 6.07) is 0. The summed E-state index contributed by atoms with van der Waals surface area (Å²) in [7, 11) is 0. The van der Waals surface area contributed by atoms with Gasteiger partial charge in [0.05, 0.1) is 0 Å². The Kier molecular flexibility index (Phi) is 5.84. The van der Waals surface area contributed by atoms with Crippen molar-refractivity contribution in [3.8, 4) is 11.8 Å². The zero-order valence-corrected chi connectivity index (χ0v) is 8.83. The molecule has 0 rings (SSSR count).